The number of ether oxygens (including phenoxy) is 1. The summed E-state index contributed by atoms with van der Waals surface area (Å²) in [5.74, 6) is -1.57. The number of rotatable bonds is 10. The second kappa shape index (κ2) is 14.3. The molecule has 0 fully saturated rings. The maximum Gasteiger partial charge on any atom is 0.272 e. The molecule has 10 heteroatoms. The van der Waals surface area contributed by atoms with Gasteiger partial charge in [0.25, 0.3) is 11.8 Å². The topological polar surface area (TPSA) is 96.5 Å². The summed E-state index contributed by atoms with van der Waals surface area (Å²) in [5.41, 5.74) is 1.03. The first-order valence-electron chi connectivity index (χ1n) is 12.8. The Morgan fingerprint density at radius 1 is 0.905 bits per heavy atom. The number of hydrogen-bond donors (Lipinski definition) is 3. The second-order valence-corrected chi connectivity index (χ2v) is 10.8. The van der Waals surface area contributed by atoms with Gasteiger partial charge in [-0.3, -0.25) is 14.4 Å². The molecule has 0 bridgehead atoms. The van der Waals surface area contributed by atoms with Crippen LogP contribution in [0.3, 0.4) is 0 Å². The van der Waals surface area contributed by atoms with Crippen LogP contribution in [0.4, 0.5) is 15.8 Å². The Morgan fingerprint density at radius 2 is 1.62 bits per heavy atom. The summed E-state index contributed by atoms with van der Waals surface area (Å²) in [6.45, 7) is 1.76. The van der Waals surface area contributed by atoms with Crippen molar-refractivity contribution in [2.45, 2.75) is 17.1 Å². The van der Waals surface area contributed by atoms with E-state index < -0.39 is 22.9 Å². The molecule has 0 aliphatic heterocycles. The first-order valence-corrected chi connectivity index (χ1v) is 14.0. The Hall–Kier alpha value is -4.60. The van der Waals surface area contributed by atoms with Gasteiger partial charge in [-0.2, -0.15) is 0 Å². The third kappa shape index (κ3) is 7.99. The minimum absolute atomic E-state index is 0.0446. The normalized spacial score (nSPS) is 11.8. The third-order valence-corrected chi connectivity index (χ3v) is 7.38. The largest absolute Gasteiger partial charge is 0.495 e. The van der Waals surface area contributed by atoms with E-state index in [1.807, 2.05) is 6.07 Å². The van der Waals surface area contributed by atoms with Crippen LogP contribution in [0.5, 0.6) is 5.75 Å². The zero-order valence-corrected chi connectivity index (χ0v) is 24.3. The van der Waals surface area contributed by atoms with Gasteiger partial charge in [0.1, 0.15) is 17.3 Å². The summed E-state index contributed by atoms with van der Waals surface area (Å²) >= 11 is 7.48. The van der Waals surface area contributed by atoms with E-state index in [0.29, 0.717) is 27.6 Å². The van der Waals surface area contributed by atoms with Crippen molar-refractivity contribution in [2.75, 3.05) is 17.7 Å². The number of benzene rings is 4. The lowest BCUT2D eigenvalue weighted by atomic mass is 10.1. The van der Waals surface area contributed by atoms with Gasteiger partial charge in [-0.15, -0.1) is 11.8 Å². The van der Waals surface area contributed by atoms with Crippen molar-refractivity contribution in [3.63, 3.8) is 0 Å². The maximum atomic E-state index is 14.6. The number of nitrogens with one attached hydrogen (secondary N) is 3. The van der Waals surface area contributed by atoms with Gasteiger partial charge in [0.05, 0.1) is 23.1 Å². The molecule has 0 heterocycles. The van der Waals surface area contributed by atoms with E-state index in [1.54, 1.807) is 79.7 Å². The smallest absolute Gasteiger partial charge is 0.272 e. The van der Waals surface area contributed by atoms with Crippen LogP contribution in [0.15, 0.2) is 108 Å². The van der Waals surface area contributed by atoms with Gasteiger partial charge in [-0.1, -0.05) is 54.1 Å². The number of methoxy groups -OCH3 is 1. The van der Waals surface area contributed by atoms with E-state index in [9.17, 15) is 18.8 Å². The molecule has 1 unspecified atom stereocenters. The van der Waals surface area contributed by atoms with Crippen LogP contribution < -0.4 is 20.7 Å². The van der Waals surface area contributed by atoms with Crippen molar-refractivity contribution >= 4 is 58.5 Å². The summed E-state index contributed by atoms with van der Waals surface area (Å²) < 4.78 is 19.9. The number of carbonyl (C=O) groups excluding carboxylic acids is 3. The highest BCUT2D eigenvalue weighted by molar-refractivity contribution is 8.00. The predicted octanol–water partition coefficient (Wildman–Crippen LogP) is 7.02. The average molecular weight is 604 g/mol. The number of thioether (sulfide) groups is 1. The zero-order chi connectivity index (χ0) is 30.1. The number of amides is 3. The molecule has 214 valence electrons. The molecule has 4 rings (SSSR count). The van der Waals surface area contributed by atoms with Crippen molar-refractivity contribution in [1.29, 1.82) is 0 Å². The molecule has 3 N–H and O–H groups in total. The molecule has 4 aromatic rings. The van der Waals surface area contributed by atoms with Gasteiger partial charge < -0.3 is 20.7 Å². The summed E-state index contributed by atoms with van der Waals surface area (Å²) in [6, 6.07) is 26.4. The molecule has 1 atom stereocenters. The molecule has 0 aliphatic rings. The summed E-state index contributed by atoms with van der Waals surface area (Å²) in [7, 11) is 1.53. The van der Waals surface area contributed by atoms with Gasteiger partial charge >= 0.3 is 0 Å². The van der Waals surface area contributed by atoms with Crippen LogP contribution in [-0.4, -0.2) is 30.1 Å². The minimum Gasteiger partial charge on any atom is -0.495 e. The maximum absolute atomic E-state index is 14.6. The number of halogens is 2. The number of hydrogen-bond acceptors (Lipinski definition) is 5. The van der Waals surface area contributed by atoms with Crippen molar-refractivity contribution in [3.05, 3.63) is 125 Å². The molecule has 7 nitrogen and oxygen atoms in total. The van der Waals surface area contributed by atoms with Gasteiger partial charge in [0.15, 0.2) is 0 Å². The highest BCUT2D eigenvalue weighted by Gasteiger charge is 2.19. The lowest BCUT2D eigenvalue weighted by molar-refractivity contribution is -0.115. The molecule has 4 aromatic carbocycles. The van der Waals surface area contributed by atoms with Crippen molar-refractivity contribution in [2.24, 2.45) is 0 Å². The Morgan fingerprint density at radius 3 is 2.36 bits per heavy atom. The molecule has 3 amide bonds. The van der Waals surface area contributed by atoms with Crippen molar-refractivity contribution in [1.82, 2.24) is 5.32 Å². The van der Waals surface area contributed by atoms with E-state index in [1.165, 1.54) is 43.1 Å². The van der Waals surface area contributed by atoms with Crippen LogP contribution in [0.2, 0.25) is 5.02 Å². The first kappa shape index (κ1) is 30.4. The monoisotopic (exact) mass is 603 g/mol. The van der Waals surface area contributed by atoms with Crippen molar-refractivity contribution < 1.29 is 23.5 Å². The van der Waals surface area contributed by atoms with Crippen molar-refractivity contribution in [3.8, 4) is 5.75 Å². The van der Waals surface area contributed by atoms with Crippen LogP contribution in [0, 0.1) is 5.82 Å². The minimum atomic E-state index is -0.692. The molecule has 0 spiro atoms. The number of anilines is 2. The van der Waals surface area contributed by atoms with E-state index in [4.69, 9.17) is 16.3 Å². The van der Waals surface area contributed by atoms with Gasteiger partial charge in [-0.05, 0) is 67.6 Å². The van der Waals surface area contributed by atoms with Gasteiger partial charge in [0, 0.05) is 21.7 Å². The highest BCUT2D eigenvalue weighted by atomic mass is 35.5. The van der Waals surface area contributed by atoms with Gasteiger partial charge in [0.2, 0.25) is 5.91 Å². The highest BCUT2D eigenvalue weighted by Crippen LogP contribution is 2.29. The molecular weight excluding hydrogens is 577 g/mol. The van der Waals surface area contributed by atoms with Gasteiger partial charge in [-0.25, -0.2) is 4.39 Å². The first-order chi connectivity index (χ1) is 20.2. The molecule has 42 heavy (non-hydrogen) atoms. The molecular formula is C32H27ClFN3O4S. The SMILES string of the molecule is COc1ccccc1NC(=O)C(C)Sc1cccc(NC(=O)/C(=C\c2c(F)cccc2Cl)NC(=O)c2ccccc2)c1. The quantitative estimate of drug-likeness (QED) is 0.134. The lowest BCUT2D eigenvalue weighted by Gasteiger charge is -2.15. The number of para-hydroxylation sites is 2. The average Bonchev–Trinajstić information content (AvgIpc) is 2.99. The molecule has 0 aromatic heterocycles. The standard InChI is InChI=1S/C32H27ClFN3O4S/c1-20(30(38)36-27-16-6-7-17-29(27)41-2)42-23-13-8-12-22(18-23)35-32(40)28(19-24-25(33)14-9-15-26(24)34)37-31(39)21-10-4-3-5-11-21/h3-20H,1-2H3,(H,35,40)(H,36,38)(H,37,39)/b28-19+. The molecule has 0 aliphatic carbocycles. The van der Waals surface area contributed by atoms with Crippen LogP contribution >= 0.6 is 23.4 Å². The van der Waals surface area contributed by atoms with E-state index in [2.05, 4.69) is 16.0 Å². The fourth-order valence-corrected chi connectivity index (χ4v) is 4.96. The lowest BCUT2D eigenvalue weighted by Crippen LogP contribution is -2.30. The summed E-state index contributed by atoms with van der Waals surface area (Å²) in [5, 5.41) is 7.76. The second-order valence-electron chi connectivity index (χ2n) is 8.95. The fourth-order valence-electron chi connectivity index (χ4n) is 3.82. The van der Waals surface area contributed by atoms with E-state index in [-0.39, 0.29) is 22.2 Å². The third-order valence-electron chi connectivity index (χ3n) is 5.96. The Kier molecular flexibility index (Phi) is 10.4. The zero-order valence-electron chi connectivity index (χ0n) is 22.7. The van der Waals surface area contributed by atoms with Crippen LogP contribution in [-0.2, 0) is 9.59 Å². The van der Waals surface area contributed by atoms with Crippen LogP contribution in [0.1, 0.15) is 22.8 Å². The Balaban J connectivity index is 1.51. The predicted molar refractivity (Wildman–Crippen MR) is 165 cm³/mol. The summed E-state index contributed by atoms with van der Waals surface area (Å²) in [4.78, 5) is 39.8. The Labute approximate surface area is 252 Å². The van der Waals surface area contributed by atoms with E-state index >= 15 is 0 Å². The molecule has 0 radical (unpaired) electrons. The fraction of sp³-hybridized carbons (Fsp3) is 0.0938. The molecule has 0 saturated carbocycles. The van der Waals surface area contributed by atoms with E-state index in [0.717, 1.165) is 0 Å². The Bertz CT molecular complexity index is 1610. The molecule has 0 saturated heterocycles. The number of carbonyl (C=O) groups is 3. The van der Waals surface area contributed by atoms with Crippen LogP contribution in [0.25, 0.3) is 6.08 Å². The summed E-state index contributed by atoms with van der Waals surface area (Å²) in [6.07, 6.45) is 1.19.